The van der Waals surface area contributed by atoms with Crippen molar-refractivity contribution in [3.8, 4) is 22.3 Å². The molecule has 0 saturated carbocycles. The molecule has 4 aromatic carbocycles. The molecule has 0 saturated heterocycles. The first kappa shape index (κ1) is 29.8. The van der Waals surface area contributed by atoms with Crippen molar-refractivity contribution in [2.75, 3.05) is 0 Å². The molecule has 218 valence electrons. The molecule has 5 aromatic rings. The van der Waals surface area contributed by atoms with Gasteiger partial charge in [0.25, 0.3) is 0 Å². The van der Waals surface area contributed by atoms with Gasteiger partial charge in [-0.05, 0) is 51.9 Å². The van der Waals surface area contributed by atoms with E-state index in [9.17, 15) is 19.8 Å². The van der Waals surface area contributed by atoms with Gasteiger partial charge in [0.2, 0.25) is 5.16 Å². The van der Waals surface area contributed by atoms with E-state index in [-0.39, 0.29) is 11.1 Å². The summed E-state index contributed by atoms with van der Waals surface area (Å²) in [5.41, 5.74) is 5.85. The van der Waals surface area contributed by atoms with E-state index in [2.05, 4.69) is 6.92 Å². The van der Waals surface area contributed by atoms with Crippen LogP contribution in [0.5, 0.6) is 0 Å². The molecule has 0 fully saturated rings. The molecule has 0 aliphatic heterocycles. The first-order valence-electron chi connectivity index (χ1n) is 14.3. The first-order valence-corrected chi connectivity index (χ1v) is 15.3. The number of aryl methyl sites for hydroxylation is 1. The lowest BCUT2D eigenvalue weighted by Gasteiger charge is -2.09. The standard InChI is InChI=1S/C35H33N3O4S/c1-2-3-4-13-32-36-35(43-23-25-16-20-27(21-17-25)29-10-6-8-12-31(29)34(41)42)37-38(32)22-24-14-18-26(19-15-24)28-9-5-7-11-30(28)33(39)40/h5-12,14-21H,2-4,13,22-23H2,1H3,(H,39,40)(H,41,42). The summed E-state index contributed by atoms with van der Waals surface area (Å²) in [6.07, 6.45) is 4.15. The highest BCUT2D eigenvalue weighted by molar-refractivity contribution is 7.98. The summed E-state index contributed by atoms with van der Waals surface area (Å²) in [6, 6.07) is 29.9. The second kappa shape index (κ2) is 14.0. The average molecular weight is 592 g/mol. The Hall–Kier alpha value is -4.69. The molecule has 1 aromatic heterocycles. The number of carboxylic acid groups (broad SMARTS) is 2. The van der Waals surface area contributed by atoms with Crippen molar-refractivity contribution in [2.45, 2.75) is 50.1 Å². The van der Waals surface area contributed by atoms with Crippen LogP contribution in [0.25, 0.3) is 22.3 Å². The predicted molar refractivity (Wildman–Crippen MR) is 170 cm³/mol. The van der Waals surface area contributed by atoms with Crippen molar-refractivity contribution in [1.29, 1.82) is 0 Å². The molecule has 7 nitrogen and oxygen atoms in total. The lowest BCUT2D eigenvalue weighted by atomic mass is 9.99. The van der Waals surface area contributed by atoms with Crippen molar-refractivity contribution in [2.24, 2.45) is 0 Å². The number of aromatic nitrogens is 3. The molecule has 43 heavy (non-hydrogen) atoms. The van der Waals surface area contributed by atoms with Gasteiger partial charge in [-0.25, -0.2) is 19.3 Å². The van der Waals surface area contributed by atoms with Crippen LogP contribution in [-0.4, -0.2) is 36.9 Å². The van der Waals surface area contributed by atoms with Gasteiger partial charge in [0.15, 0.2) is 0 Å². The van der Waals surface area contributed by atoms with Gasteiger partial charge in [0, 0.05) is 12.2 Å². The third-order valence-corrected chi connectivity index (χ3v) is 8.19. The highest BCUT2D eigenvalue weighted by Gasteiger charge is 2.14. The monoisotopic (exact) mass is 591 g/mol. The van der Waals surface area contributed by atoms with E-state index in [1.54, 1.807) is 36.0 Å². The number of unbranched alkanes of at least 4 members (excludes halogenated alkanes) is 2. The number of hydrogen-bond acceptors (Lipinski definition) is 5. The summed E-state index contributed by atoms with van der Waals surface area (Å²) in [7, 11) is 0. The number of aromatic carboxylic acids is 2. The van der Waals surface area contributed by atoms with Crippen LogP contribution >= 0.6 is 11.8 Å². The lowest BCUT2D eigenvalue weighted by molar-refractivity contribution is 0.0687. The first-order chi connectivity index (χ1) is 20.9. The summed E-state index contributed by atoms with van der Waals surface area (Å²) in [5.74, 6) is -0.233. The average Bonchev–Trinajstić information content (AvgIpc) is 3.41. The Kier molecular flexibility index (Phi) is 9.69. The molecule has 8 heteroatoms. The van der Waals surface area contributed by atoms with Gasteiger partial charge in [-0.1, -0.05) is 116 Å². The molecule has 0 spiro atoms. The van der Waals surface area contributed by atoms with Gasteiger partial charge in [-0.3, -0.25) is 0 Å². The Morgan fingerprint density at radius 2 is 1.26 bits per heavy atom. The van der Waals surface area contributed by atoms with Crippen LogP contribution in [0.3, 0.4) is 0 Å². The van der Waals surface area contributed by atoms with Crippen molar-refractivity contribution in [3.05, 3.63) is 125 Å². The minimum atomic E-state index is -0.941. The number of rotatable bonds is 13. The maximum absolute atomic E-state index is 11.7. The van der Waals surface area contributed by atoms with E-state index in [0.29, 0.717) is 23.4 Å². The molecular formula is C35H33N3O4S. The fourth-order valence-electron chi connectivity index (χ4n) is 4.99. The summed E-state index contributed by atoms with van der Waals surface area (Å²) in [4.78, 5) is 28.2. The quantitative estimate of drug-likeness (QED) is 0.105. The van der Waals surface area contributed by atoms with Gasteiger partial charge in [-0.2, -0.15) is 0 Å². The molecule has 0 atom stereocenters. The van der Waals surface area contributed by atoms with Crippen LogP contribution in [0, 0.1) is 0 Å². The normalized spacial score (nSPS) is 11.0. The maximum Gasteiger partial charge on any atom is 0.336 e. The molecule has 0 amide bonds. The second-order valence-corrected chi connectivity index (χ2v) is 11.3. The molecule has 0 radical (unpaired) electrons. The van der Waals surface area contributed by atoms with Crippen LogP contribution in [0.15, 0.2) is 102 Å². The van der Waals surface area contributed by atoms with E-state index in [0.717, 1.165) is 58.9 Å². The number of thioether (sulfide) groups is 1. The smallest absolute Gasteiger partial charge is 0.336 e. The molecule has 0 bridgehead atoms. The summed E-state index contributed by atoms with van der Waals surface area (Å²) >= 11 is 1.58. The molecule has 0 aliphatic rings. The molecule has 0 aliphatic carbocycles. The summed E-state index contributed by atoms with van der Waals surface area (Å²) in [5, 5.41) is 24.6. The Balaban J connectivity index is 1.29. The van der Waals surface area contributed by atoms with Crippen LogP contribution in [0.1, 0.15) is 63.9 Å². The number of hydrogen-bond donors (Lipinski definition) is 2. The summed E-state index contributed by atoms with van der Waals surface area (Å²) < 4.78 is 1.98. The minimum Gasteiger partial charge on any atom is -0.478 e. The van der Waals surface area contributed by atoms with Crippen LogP contribution in [0.2, 0.25) is 0 Å². The van der Waals surface area contributed by atoms with Gasteiger partial charge in [0.05, 0.1) is 17.7 Å². The second-order valence-electron chi connectivity index (χ2n) is 10.3. The van der Waals surface area contributed by atoms with E-state index in [1.165, 1.54) is 0 Å². The zero-order chi connectivity index (χ0) is 30.2. The van der Waals surface area contributed by atoms with Crippen LogP contribution in [0.4, 0.5) is 0 Å². The van der Waals surface area contributed by atoms with E-state index < -0.39 is 11.9 Å². The van der Waals surface area contributed by atoms with Crippen molar-refractivity contribution in [3.63, 3.8) is 0 Å². The third-order valence-electron chi connectivity index (χ3n) is 7.28. The maximum atomic E-state index is 11.7. The zero-order valence-electron chi connectivity index (χ0n) is 23.9. The number of carbonyl (C=O) groups is 2. The fraction of sp³-hybridized carbons (Fsp3) is 0.200. The van der Waals surface area contributed by atoms with Crippen molar-refractivity contribution >= 4 is 23.7 Å². The molecule has 5 rings (SSSR count). The molecule has 2 N–H and O–H groups in total. The minimum absolute atomic E-state index is 0.283. The number of nitrogens with zero attached hydrogens (tertiary/aromatic N) is 3. The lowest BCUT2D eigenvalue weighted by Crippen LogP contribution is -2.07. The van der Waals surface area contributed by atoms with E-state index in [4.69, 9.17) is 10.1 Å². The topological polar surface area (TPSA) is 105 Å². The van der Waals surface area contributed by atoms with E-state index >= 15 is 0 Å². The number of benzene rings is 4. The third kappa shape index (κ3) is 7.40. The molecule has 0 unspecified atom stereocenters. The predicted octanol–water partition coefficient (Wildman–Crippen LogP) is 8.08. The fourth-order valence-corrected chi connectivity index (χ4v) is 5.81. The molecule has 1 heterocycles. The zero-order valence-corrected chi connectivity index (χ0v) is 24.8. The van der Waals surface area contributed by atoms with Gasteiger partial charge in [0.1, 0.15) is 5.82 Å². The van der Waals surface area contributed by atoms with Gasteiger partial charge >= 0.3 is 11.9 Å². The Labute approximate surface area is 255 Å². The highest BCUT2D eigenvalue weighted by atomic mass is 32.2. The Morgan fingerprint density at radius 1 is 0.721 bits per heavy atom. The van der Waals surface area contributed by atoms with Crippen molar-refractivity contribution in [1.82, 2.24) is 14.8 Å². The van der Waals surface area contributed by atoms with Crippen LogP contribution in [-0.2, 0) is 18.7 Å². The Bertz CT molecular complexity index is 1710. The largest absolute Gasteiger partial charge is 0.478 e. The summed E-state index contributed by atoms with van der Waals surface area (Å²) in [6.45, 7) is 2.76. The Morgan fingerprint density at radius 3 is 1.79 bits per heavy atom. The SMILES string of the molecule is CCCCCc1nc(SCc2ccc(-c3ccccc3C(=O)O)cc2)nn1Cc1ccc(-c2ccccc2C(=O)O)cc1. The van der Waals surface area contributed by atoms with Crippen LogP contribution < -0.4 is 0 Å². The highest BCUT2D eigenvalue weighted by Crippen LogP contribution is 2.28. The van der Waals surface area contributed by atoms with E-state index in [1.807, 2.05) is 77.5 Å². The number of carboxylic acids is 2. The van der Waals surface area contributed by atoms with Gasteiger partial charge in [-0.15, -0.1) is 5.10 Å². The molecular weight excluding hydrogens is 558 g/mol. The van der Waals surface area contributed by atoms with Gasteiger partial charge < -0.3 is 10.2 Å². The van der Waals surface area contributed by atoms with Crippen molar-refractivity contribution < 1.29 is 19.8 Å².